The van der Waals surface area contributed by atoms with Crippen LogP contribution in [0, 0.1) is 11.3 Å². The maximum absolute atomic E-state index is 12.7. The molecule has 0 aromatic rings. The van der Waals surface area contributed by atoms with Gasteiger partial charge in [-0.05, 0) is 32.2 Å². The number of rotatable bonds is 2. The topological polar surface area (TPSA) is 52.6 Å². The molecule has 2 atom stereocenters. The minimum Gasteiger partial charge on any atom is -0.388 e. The number of aliphatic hydroxyl groups is 1. The monoisotopic (exact) mass is 240 g/mol. The quantitative estimate of drug-likeness (QED) is 0.743. The molecule has 2 saturated heterocycles. The zero-order valence-electron chi connectivity index (χ0n) is 11.1. The maximum Gasteiger partial charge on any atom is 0.230 e. The van der Waals surface area contributed by atoms with Gasteiger partial charge in [-0.2, -0.15) is 0 Å². The second kappa shape index (κ2) is 4.25. The summed E-state index contributed by atoms with van der Waals surface area (Å²) in [6.45, 7) is 8.95. The van der Waals surface area contributed by atoms with Gasteiger partial charge in [-0.25, -0.2) is 0 Å². The number of amides is 1. The second-order valence-electron chi connectivity index (χ2n) is 6.21. The van der Waals surface area contributed by atoms with Crippen LogP contribution in [0.3, 0.4) is 0 Å². The molecule has 0 aromatic heterocycles. The summed E-state index contributed by atoms with van der Waals surface area (Å²) in [6, 6.07) is 0. The molecule has 2 fully saturated rings. The van der Waals surface area contributed by atoms with Crippen LogP contribution in [0.15, 0.2) is 0 Å². The number of hydrogen-bond acceptors (Lipinski definition) is 3. The third kappa shape index (κ3) is 2.20. The Morgan fingerprint density at radius 1 is 1.41 bits per heavy atom. The van der Waals surface area contributed by atoms with E-state index in [1.807, 2.05) is 11.8 Å². The van der Waals surface area contributed by atoms with E-state index in [4.69, 9.17) is 0 Å². The van der Waals surface area contributed by atoms with Crippen molar-refractivity contribution < 1.29 is 9.90 Å². The van der Waals surface area contributed by atoms with Gasteiger partial charge < -0.3 is 15.3 Å². The van der Waals surface area contributed by atoms with E-state index in [0.29, 0.717) is 25.4 Å². The molecule has 2 aliphatic heterocycles. The normalized spacial score (nSPS) is 38.1. The van der Waals surface area contributed by atoms with Crippen molar-refractivity contribution in [2.45, 2.75) is 39.2 Å². The fraction of sp³-hybridized carbons (Fsp3) is 0.923. The molecule has 2 N–H and O–H groups in total. The van der Waals surface area contributed by atoms with Crippen LogP contribution < -0.4 is 5.32 Å². The van der Waals surface area contributed by atoms with Gasteiger partial charge in [0.05, 0.1) is 11.0 Å². The van der Waals surface area contributed by atoms with Crippen molar-refractivity contribution in [1.82, 2.24) is 10.2 Å². The van der Waals surface area contributed by atoms with Crippen LogP contribution in [0.2, 0.25) is 0 Å². The van der Waals surface area contributed by atoms with Crippen LogP contribution in [0.1, 0.15) is 33.6 Å². The average Bonchev–Trinajstić information content (AvgIpc) is 2.83. The Morgan fingerprint density at radius 2 is 2.12 bits per heavy atom. The van der Waals surface area contributed by atoms with Crippen molar-refractivity contribution >= 4 is 5.91 Å². The molecule has 4 nitrogen and oxygen atoms in total. The van der Waals surface area contributed by atoms with Crippen molar-refractivity contribution in [3.8, 4) is 0 Å². The van der Waals surface area contributed by atoms with Gasteiger partial charge >= 0.3 is 0 Å². The van der Waals surface area contributed by atoms with Gasteiger partial charge in [-0.15, -0.1) is 0 Å². The van der Waals surface area contributed by atoms with E-state index < -0.39 is 5.60 Å². The van der Waals surface area contributed by atoms with E-state index in [1.54, 1.807) is 0 Å². The van der Waals surface area contributed by atoms with Crippen LogP contribution >= 0.6 is 0 Å². The van der Waals surface area contributed by atoms with Gasteiger partial charge in [0.2, 0.25) is 5.91 Å². The summed E-state index contributed by atoms with van der Waals surface area (Å²) in [6.07, 6.45) is 1.61. The van der Waals surface area contributed by atoms with E-state index in [9.17, 15) is 9.90 Å². The summed E-state index contributed by atoms with van der Waals surface area (Å²) in [7, 11) is 0. The Morgan fingerprint density at radius 3 is 2.53 bits per heavy atom. The molecule has 0 aromatic carbocycles. The minimum absolute atomic E-state index is 0.232. The number of β-amino-alcohol motifs (C(OH)–C–C–N with tert-alkyl or cyclic N) is 1. The summed E-state index contributed by atoms with van der Waals surface area (Å²) < 4.78 is 0. The summed E-state index contributed by atoms with van der Waals surface area (Å²) in [5.41, 5.74) is -0.944. The first kappa shape index (κ1) is 12.8. The third-order valence-electron chi connectivity index (χ3n) is 4.46. The van der Waals surface area contributed by atoms with Gasteiger partial charge in [0.1, 0.15) is 0 Å². The highest BCUT2D eigenvalue weighted by molar-refractivity contribution is 5.84. The van der Waals surface area contributed by atoms with Crippen LogP contribution in [-0.4, -0.2) is 47.7 Å². The Balaban J connectivity index is 2.13. The first-order valence-electron chi connectivity index (χ1n) is 6.60. The van der Waals surface area contributed by atoms with Crippen LogP contribution in [0.5, 0.6) is 0 Å². The van der Waals surface area contributed by atoms with Crippen molar-refractivity contribution in [3.05, 3.63) is 0 Å². The van der Waals surface area contributed by atoms with Crippen molar-refractivity contribution in [1.29, 1.82) is 0 Å². The highest BCUT2D eigenvalue weighted by Gasteiger charge is 2.48. The van der Waals surface area contributed by atoms with E-state index in [1.165, 1.54) is 0 Å². The van der Waals surface area contributed by atoms with Crippen LogP contribution in [0.4, 0.5) is 0 Å². The SMILES string of the molecule is CC(C)C1(C(=O)N2CCC(C)(O)C2)CCNC1. The van der Waals surface area contributed by atoms with E-state index in [2.05, 4.69) is 19.2 Å². The molecule has 0 saturated carbocycles. The van der Waals surface area contributed by atoms with E-state index in [-0.39, 0.29) is 11.3 Å². The van der Waals surface area contributed by atoms with Crippen molar-refractivity contribution in [3.63, 3.8) is 0 Å². The molecule has 17 heavy (non-hydrogen) atoms. The molecule has 98 valence electrons. The molecular formula is C13H24N2O2. The standard InChI is InChI=1S/C13H24N2O2/c1-10(2)13(4-6-14-8-13)11(16)15-7-5-12(3,17)9-15/h10,14,17H,4-9H2,1-3H3. The number of nitrogens with zero attached hydrogens (tertiary/aromatic N) is 1. The lowest BCUT2D eigenvalue weighted by Gasteiger charge is -2.35. The summed E-state index contributed by atoms with van der Waals surface area (Å²) >= 11 is 0. The maximum atomic E-state index is 12.7. The molecule has 2 unspecified atom stereocenters. The predicted octanol–water partition coefficient (Wildman–Crippen LogP) is 0.605. The Bertz CT molecular complexity index is 307. The molecule has 0 spiro atoms. The Labute approximate surface area is 103 Å². The van der Waals surface area contributed by atoms with Crippen molar-refractivity contribution in [2.24, 2.45) is 11.3 Å². The predicted molar refractivity (Wildman–Crippen MR) is 66.6 cm³/mol. The average molecular weight is 240 g/mol. The van der Waals surface area contributed by atoms with Gasteiger partial charge in [0.25, 0.3) is 0 Å². The Kier molecular flexibility index (Phi) is 3.21. The number of carbonyl (C=O) groups is 1. The third-order valence-corrected chi connectivity index (χ3v) is 4.46. The second-order valence-corrected chi connectivity index (χ2v) is 6.21. The summed E-state index contributed by atoms with van der Waals surface area (Å²) in [5.74, 6) is 0.575. The lowest BCUT2D eigenvalue weighted by Crippen LogP contribution is -2.48. The summed E-state index contributed by atoms with van der Waals surface area (Å²) in [5, 5.41) is 13.3. The smallest absolute Gasteiger partial charge is 0.230 e. The van der Waals surface area contributed by atoms with Crippen LogP contribution in [-0.2, 0) is 4.79 Å². The van der Waals surface area contributed by atoms with Gasteiger partial charge in [0, 0.05) is 19.6 Å². The molecule has 0 bridgehead atoms. The molecule has 4 heteroatoms. The first-order valence-corrected chi connectivity index (χ1v) is 6.60. The molecule has 0 radical (unpaired) electrons. The molecular weight excluding hydrogens is 216 g/mol. The zero-order valence-corrected chi connectivity index (χ0v) is 11.1. The fourth-order valence-electron chi connectivity index (χ4n) is 3.07. The molecule has 2 aliphatic rings. The molecule has 1 amide bonds. The lowest BCUT2D eigenvalue weighted by molar-refractivity contribution is -0.143. The minimum atomic E-state index is -0.695. The number of hydrogen-bond donors (Lipinski definition) is 2. The van der Waals surface area contributed by atoms with Gasteiger partial charge in [0.15, 0.2) is 0 Å². The summed E-state index contributed by atoms with van der Waals surface area (Å²) in [4.78, 5) is 14.5. The fourth-order valence-corrected chi connectivity index (χ4v) is 3.07. The molecule has 0 aliphatic carbocycles. The highest BCUT2D eigenvalue weighted by Crippen LogP contribution is 2.37. The lowest BCUT2D eigenvalue weighted by atomic mass is 9.75. The van der Waals surface area contributed by atoms with E-state index in [0.717, 1.165) is 19.5 Å². The van der Waals surface area contributed by atoms with Gasteiger partial charge in [-0.3, -0.25) is 4.79 Å². The first-order chi connectivity index (χ1) is 7.87. The number of carbonyl (C=O) groups excluding carboxylic acids is 1. The van der Waals surface area contributed by atoms with Crippen LogP contribution in [0.25, 0.3) is 0 Å². The zero-order chi connectivity index (χ0) is 12.7. The van der Waals surface area contributed by atoms with E-state index >= 15 is 0 Å². The van der Waals surface area contributed by atoms with Gasteiger partial charge in [-0.1, -0.05) is 13.8 Å². The molecule has 2 rings (SSSR count). The van der Waals surface area contributed by atoms with Crippen molar-refractivity contribution in [2.75, 3.05) is 26.2 Å². The number of likely N-dealkylation sites (tertiary alicyclic amines) is 1. The highest BCUT2D eigenvalue weighted by atomic mass is 16.3. The number of nitrogens with one attached hydrogen (secondary N) is 1. The molecule has 2 heterocycles. The largest absolute Gasteiger partial charge is 0.388 e. The Hall–Kier alpha value is -0.610.